The van der Waals surface area contributed by atoms with Crippen LogP contribution in [0.5, 0.6) is 11.5 Å². The van der Waals surface area contributed by atoms with Gasteiger partial charge in [-0.15, -0.1) is 0 Å². The zero-order valence-electron chi connectivity index (χ0n) is 22.2. The lowest BCUT2D eigenvalue weighted by Crippen LogP contribution is -2.50. The van der Waals surface area contributed by atoms with Crippen molar-refractivity contribution >= 4 is 17.7 Å². The number of carbonyl (C=O) groups is 2. The molecular weight excluding hydrogens is 527 g/mol. The van der Waals surface area contributed by atoms with Crippen LogP contribution in [0.4, 0.5) is 23.7 Å². The molecule has 1 saturated carbocycles. The Bertz CT molecular complexity index is 1210. The molecule has 2 fully saturated rings. The minimum atomic E-state index is -4.52. The second-order valence-electron chi connectivity index (χ2n) is 10.7. The lowest BCUT2D eigenvalue weighted by molar-refractivity contribution is -0.153. The quantitative estimate of drug-likeness (QED) is 0.513. The van der Waals surface area contributed by atoms with E-state index in [0.29, 0.717) is 37.2 Å². The van der Waals surface area contributed by atoms with E-state index in [0.717, 1.165) is 36.9 Å². The number of benzene rings is 2. The van der Waals surface area contributed by atoms with Crippen LogP contribution in [0.3, 0.4) is 0 Å². The Morgan fingerprint density at radius 1 is 1.02 bits per heavy atom. The fourth-order valence-corrected chi connectivity index (χ4v) is 5.62. The number of carbonyl (C=O) groups excluding carboxylic acids is 2. The number of para-hydroxylation sites is 1. The molecule has 2 heterocycles. The first-order valence-corrected chi connectivity index (χ1v) is 13.7. The van der Waals surface area contributed by atoms with Crippen LogP contribution in [-0.2, 0) is 22.6 Å². The van der Waals surface area contributed by atoms with Crippen LogP contribution in [0.25, 0.3) is 0 Å². The third-order valence-corrected chi connectivity index (χ3v) is 7.77. The molecule has 0 radical (unpaired) electrons. The molecule has 1 saturated heterocycles. The van der Waals surface area contributed by atoms with Gasteiger partial charge in [0.25, 0.3) is 0 Å². The fourth-order valence-electron chi connectivity index (χ4n) is 5.62. The highest BCUT2D eigenvalue weighted by Gasteiger charge is 2.35. The van der Waals surface area contributed by atoms with Crippen molar-refractivity contribution in [3.05, 3.63) is 53.6 Å². The van der Waals surface area contributed by atoms with Crippen LogP contribution in [-0.4, -0.2) is 61.0 Å². The average Bonchev–Trinajstić information content (AvgIpc) is 2.94. The summed E-state index contributed by atoms with van der Waals surface area (Å²) in [6.45, 7) is -0.395. The van der Waals surface area contributed by atoms with Gasteiger partial charge in [-0.05, 0) is 50.7 Å². The van der Waals surface area contributed by atoms with Crippen molar-refractivity contribution in [1.29, 1.82) is 0 Å². The second kappa shape index (κ2) is 12.0. The molecule has 0 spiro atoms. The number of likely N-dealkylation sites (tertiary alicyclic amines) is 1. The van der Waals surface area contributed by atoms with E-state index in [1.165, 1.54) is 6.07 Å². The van der Waals surface area contributed by atoms with Crippen LogP contribution in [0.1, 0.15) is 49.7 Å². The van der Waals surface area contributed by atoms with E-state index < -0.39 is 18.9 Å². The smallest absolute Gasteiger partial charge is 0.422 e. The van der Waals surface area contributed by atoms with Crippen molar-refractivity contribution in [2.24, 2.45) is 5.73 Å². The summed E-state index contributed by atoms with van der Waals surface area (Å²) in [7, 11) is 0. The molecule has 40 heavy (non-hydrogen) atoms. The van der Waals surface area contributed by atoms with Crippen molar-refractivity contribution in [3.8, 4) is 11.5 Å². The lowest BCUT2D eigenvalue weighted by Gasteiger charge is -2.40. The van der Waals surface area contributed by atoms with Gasteiger partial charge in [-0.1, -0.05) is 24.3 Å². The standard InChI is InChI=1S/C29H34F3N3O5/c30-29(31,32)18-39-26-16-24(40-23-9-6-21(33)7-10-23)8-5-19(26)15-27(36)34-13-11-22(12-14-34)35-25-4-2-1-3-20(25)17-38-28(35)37/h1-5,8,16,21-23H,6-7,9-15,17-18,33H2. The summed E-state index contributed by atoms with van der Waals surface area (Å²) in [5.41, 5.74) is 8.08. The van der Waals surface area contributed by atoms with Crippen LogP contribution >= 0.6 is 0 Å². The Morgan fingerprint density at radius 2 is 1.75 bits per heavy atom. The van der Waals surface area contributed by atoms with Crippen molar-refractivity contribution in [1.82, 2.24) is 4.90 Å². The van der Waals surface area contributed by atoms with Crippen molar-refractivity contribution in [2.45, 2.75) is 75.9 Å². The van der Waals surface area contributed by atoms with Gasteiger partial charge in [-0.2, -0.15) is 13.2 Å². The highest BCUT2D eigenvalue weighted by molar-refractivity contribution is 5.91. The number of piperidine rings is 1. The van der Waals surface area contributed by atoms with E-state index in [9.17, 15) is 22.8 Å². The summed E-state index contributed by atoms with van der Waals surface area (Å²) in [5, 5.41) is 0. The largest absolute Gasteiger partial charge is 0.490 e. The molecule has 3 aliphatic rings. The van der Waals surface area contributed by atoms with Crippen molar-refractivity contribution < 1.29 is 37.0 Å². The van der Waals surface area contributed by atoms with Gasteiger partial charge in [-0.3, -0.25) is 9.69 Å². The highest BCUT2D eigenvalue weighted by atomic mass is 19.4. The van der Waals surface area contributed by atoms with Crippen molar-refractivity contribution in [2.75, 3.05) is 24.6 Å². The molecule has 216 valence electrons. The SMILES string of the molecule is NC1CCC(Oc2ccc(CC(=O)N3CCC(N4C(=O)OCc5ccccc54)CC3)c(OCC(F)(F)F)c2)CC1. The average molecular weight is 562 g/mol. The maximum atomic E-state index is 13.2. The first kappa shape index (κ1) is 28.1. The van der Waals surface area contributed by atoms with Gasteiger partial charge >= 0.3 is 12.3 Å². The summed E-state index contributed by atoms with van der Waals surface area (Å²) in [5.74, 6) is 0.175. The number of hydrogen-bond donors (Lipinski definition) is 1. The minimum absolute atomic E-state index is 0.0155. The zero-order chi connectivity index (χ0) is 28.3. The number of ether oxygens (including phenoxy) is 3. The first-order chi connectivity index (χ1) is 19.2. The molecule has 0 bridgehead atoms. The third-order valence-electron chi connectivity index (χ3n) is 7.77. The van der Waals surface area contributed by atoms with Gasteiger partial charge in [0.2, 0.25) is 5.91 Å². The van der Waals surface area contributed by atoms with Gasteiger partial charge in [0.1, 0.15) is 18.1 Å². The van der Waals surface area contributed by atoms with Crippen LogP contribution < -0.4 is 20.1 Å². The highest BCUT2D eigenvalue weighted by Crippen LogP contribution is 2.33. The summed E-state index contributed by atoms with van der Waals surface area (Å²) in [6.07, 6.45) is -0.754. The van der Waals surface area contributed by atoms with Crippen LogP contribution in [0, 0.1) is 0 Å². The first-order valence-electron chi connectivity index (χ1n) is 13.7. The van der Waals surface area contributed by atoms with Gasteiger partial charge in [0, 0.05) is 42.4 Å². The van der Waals surface area contributed by atoms with Gasteiger partial charge < -0.3 is 24.8 Å². The summed E-state index contributed by atoms with van der Waals surface area (Å²) in [6, 6.07) is 12.3. The zero-order valence-corrected chi connectivity index (χ0v) is 22.2. The fraction of sp³-hybridized carbons (Fsp3) is 0.517. The van der Waals surface area contributed by atoms with E-state index in [-0.39, 0.29) is 42.9 Å². The van der Waals surface area contributed by atoms with E-state index in [4.69, 9.17) is 19.9 Å². The van der Waals surface area contributed by atoms with E-state index in [2.05, 4.69) is 0 Å². The number of cyclic esters (lactones) is 1. The van der Waals surface area contributed by atoms with E-state index in [1.54, 1.807) is 21.9 Å². The van der Waals surface area contributed by atoms with Gasteiger partial charge in [0.05, 0.1) is 18.2 Å². The Morgan fingerprint density at radius 3 is 2.48 bits per heavy atom. The molecule has 0 unspecified atom stereocenters. The number of alkyl halides is 3. The van der Waals surface area contributed by atoms with E-state index in [1.807, 2.05) is 24.3 Å². The number of rotatable bonds is 7. The van der Waals surface area contributed by atoms with E-state index >= 15 is 0 Å². The number of hydrogen-bond acceptors (Lipinski definition) is 6. The Labute approximate surface area is 231 Å². The minimum Gasteiger partial charge on any atom is -0.490 e. The normalized spacial score (nSPS) is 21.9. The molecule has 2 aromatic carbocycles. The molecular formula is C29H34F3N3O5. The molecule has 8 nitrogen and oxygen atoms in total. The summed E-state index contributed by atoms with van der Waals surface area (Å²) >= 11 is 0. The van der Waals surface area contributed by atoms with Gasteiger partial charge in [0.15, 0.2) is 6.61 Å². The maximum Gasteiger partial charge on any atom is 0.422 e. The molecule has 0 atom stereocenters. The Balaban J connectivity index is 1.23. The second-order valence-corrected chi connectivity index (χ2v) is 10.7. The topological polar surface area (TPSA) is 94.3 Å². The van der Waals surface area contributed by atoms with Crippen molar-refractivity contribution in [3.63, 3.8) is 0 Å². The molecule has 2 aromatic rings. The number of fused-ring (bicyclic) bond motifs is 1. The van der Waals surface area contributed by atoms with Crippen LogP contribution in [0.2, 0.25) is 0 Å². The number of anilines is 1. The predicted octanol–water partition coefficient (Wildman–Crippen LogP) is 4.97. The molecule has 2 amide bonds. The summed E-state index contributed by atoms with van der Waals surface area (Å²) in [4.78, 5) is 29.1. The number of amides is 2. The summed E-state index contributed by atoms with van der Waals surface area (Å²) < 4.78 is 55.4. The maximum absolute atomic E-state index is 13.2. The van der Waals surface area contributed by atoms with Crippen LogP contribution in [0.15, 0.2) is 42.5 Å². The lowest BCUT2D eigenvalue weighted by atomic mass is 9.94. The molecule has 5 rings (SSSR count). The molecule has 0 aromatic heterocycles. The monoisotopic (exact) mass is 561 g/mol. The molecule has 2 N–H and O–H groups in total. The Hall–Kier alpha value is -3.47. The third kappa shape index (κ3) is 6.80. The van der Waals surface area contributed by atoms with Gasteiger partial charge in [-0.25, -0.2) is 4.79 Å². The number of halogens is 3. The number of nitrogens with zero attached hydrogens (tertiary/aromatic N) is 2. The Kier molecular flexibility index (Phi) is 8.39. The molecule has 1 aliphatic carbocycles. The molecule has 11 heteroatoms. The molecule has 2 aliphatic heterocycles. The predicted molar refractivity (Wildman–Crippen MR) is 141 cm³/mol. The number of nitrogens with two attached hydrogens (primary N) is 1.